The summed E-state index contributed by atoms with van der Waals surface area (Å²) < 4.78 is 0. The summed E-state index contributed by atoms with van der Waals surface area (Å²) in [6.07, 6.45) is 14.1. The minimum Gasteiger partial charge on any atom is -0.0587 e. The smallest absolute Gasteiger partial charge is 0.00725 e. The van der Waals surface area contributed by atoms with Crippen LogP contribution in [-0.4, -0.2) is 0 Å². The Kier molecular flexibility index (Phi) is 4.17. The van der Waals surface area contributed by atoms with Crippen LogP contribution in [-0.2, 0) is 10.8 Å². The fourth-order valence-corrected chi connectivity index (χ4v) is 4.87. The molecule has 0 N–H and O–H groups in total. The second-order valence-electron chi connectivity index (χ2n) is 8.27. The molecule has 0 saturated heterocycles. The van der Waals surface area contributed by atoms with E-state index in [9.17, 15) is 0 Å². The standard InChI is InChI=1S/C21H32/c1-17-10-11-18(20(2)12-6-4-7-13-20)16-19(17)21(3)14-8-5-9-15-21/h10-11,16H,4-9,12-15H2,1-3H3. The van der Waals surface area contributed by atoms with Crippen molar-refractivity contribution >= 4 is 0 Å². The lowest BCUT2D eigenvalue weighted by Crippen LogP contribution is -2.29. The number of hydrogen-bond acceptors (Lipinski definition) is 0. The molecule has 2 aliphatic rings. The average molecular weight is 284 g/mol. The van der Waals surface area contributed by atoms with E-state index in [1.54, 1.807) is 11.1 Å². The maximum Gasteiger partial charge on any atom is -0.00725 e. The first-order valence-corrected chi connectivity index (χ1v) is 9.15. The van der Waals surface area contributed by atoms with Crippen molar-refractivity contribution in [1.82, 2.24) is 0 Å². The second-order valence-corrected chi connectivity index (χ2v) is 8.27. The molecule has 0 heteroatoms. The molecule has 0 heterocycles. The lowest BCUT2D eigenvalue weighted by Gasteiger charge is -2.38. The Labute approximate surface area is 131 Å². The molecule has 2 aliphatic carbocycles. The third kappa shape index (κ3) is 2.91. The van der Waals surface area contributed by atoms with E-state index >= 15 is 0 Å². The Hall–Kier alpha value is -0.780. The van der Waals surface area contributed by atoms with Gasteiger partial charge in [0, 0.05) is 0 Å². The Morgan fingerprint density at radius 2 is 1.24 bits per heavy atom. The minimum absolute atomic E-state index is 0.434. The molecule has 0 aliphatic heterocycles. The zero-order valence-corrected chi connectivity index (χ0v) is 14.3. The van der Waals surface area contributed by atoms with Crippen molar-refractivity contribution < 1.29 is 0 Å². The molecule has 0 amide bonds. The monoisotopic (exact) mass is 284 g/mol. The Balaban J connectivity index is 1.96. The van der Waals surface area contributed by atoms with Crippen LogP contribution in [0.15, 0.2) is 18.2 Å². The molecule has 21 heavy (non-hydrogen) atoms. The van der Waals surface area contributed by atoms with Gasteiger partial charge in [-0.3, -0.25) is 0 Å². The topological polar surface area (TPSA) is 0 Å². The van der Waals surface area contributed by atoms with Crippen molar-refractivity contribution in [3.05, 3.63) is 34.9 Å². The summed E-state index contributed by atoms with van der Waals surface area (Å²) in [5.74, 6) is 0. The molecular weight excluding hydrogens is 252 g/mol. The van der Waals surface area contributed by atoms with Crippen LogP contribution in [0.25, 0.3) is 0 Å². The van der Waals surface area contributed by atoms with E-state index in [1.165, 1.54) is 69.8 Å². The van der Waals surface area contributed by atoms with Gasteiger partial charge in [0.1, 0.15) is 0 Å². The van der Waals surface area contributed by atoms with Gasteiger partial charge in [0.15, 0.2) is 0 Å². The fraction of sp³-hybridized carbons (Fsp3) is 0.714. The van der Waals surface area contributed by atoms with Crippen LogP contribution in [0, 0.1) is 6.92 Å². The first-order valence-electron chi connectivity index (χ1n) is 9.15. The van der Waals surface area contributed by atoms with E-state index in [0.717, 1.165) is 0 Å². The molecule has 0 aromatic heterocycles. The predicted molar refractivity (Wildman–Crippen MR) is 92.1 cm³/mol. The summed E-state index contributed by atoms with van der Waals surface area (Å²) in [4.78, 5) is 0. The van der Waals surface area contributed by atoms with Crippen molar-refractivity contribution in [3.8, 4) is 0 Å². The number of rotatable bonds is 2. The number of hydrogen-bond donors (Lipinski definition) is 0. The maximum atomic E-state index is 2.60. The molecule has 0 atom stereocenters. The Bertz CT molecular complexity index is 485. The molecule has 1 aromatic carbocycles. The molecule has 0 bridgehead atoms. The summed E-state index contributed by atoms with van der Waals surface area (Å²) in [7, 11) is 0. The molecule has 0 unspecified atom stereocenters. The largest absolute Gasteiger partial charge is 0.0587 e. The van der Waals surface area contributed by atoms with Gasteiger partial charge in [-0.2, -0.15) is 0 Å². The lowest BCUT2D eigenvalue weighted by molar-refractivity contribution is 0.309. The summed E-state index contributed by atoms with van der Waals surface area (Å²) >= 11 is 0. The molecule has 2 fully saturated rings. The highest BCUT2D eigenvalue weighted by molar-refractivity contribution is 5.40. The first-order chi connectivity index (χ1) is 10.0. The SMILES string of the molecule is Cc1ccc(C2(C)CCCCC2)cc1C1(C)CCCCC1. The van der Waals surface area contributed by atoms with E-state index in [0.29, 0.717) is 10.8 Å². The predicted octanol–water partition coefficient (Wildman–Crippen LogP) is 6.44. The summed E-state index contributed by atoms with van der Waals surface area (Å²) in [5.41, 5.74) is 5.67. The van der Waals surface area contributed by atoms with Crippen LogP contribution in [0.3, 0.4) is 0 Å². The maximum absolute atomic E-state index is 2.60. The molecule has 1 aromatic rings. The highest BCUT2D eigenvalue weighted by Crippen LogP contribution is 2.44. The van der Waals surface area contributed by atoms with Gasteiger partial charge in [0.2, 0.25) is 0 Å². The van der Waals surface area contributed by atoms with Gasteiger partial charge in [0.25, 0.3) is 0 Å². The quantitative estimate of drug-likeness (QED) is 0.586. The van der Waals surface area contributed by atoms with E-state index < -0.39 is 0 Å². The molecule has 3 rings (SSSR count). The van der Waals surface area contributed by atoms with Crippen LogP contribution in [0.1, 0.15) is 94.7 Å². The molecule has 2 saturated carbocycles. The molecule has 0 nitrogen and oxygen atoms in total. The van der Waals surface area contributed by atoms with E-state index in [1.807, 2.05) is 0 Å². The van der Waals surface area contributed by atoms with Crippen LogP contribution in [0.4, 0.5) is 0 Å². The third-order valence-corrected chi connectivity index (χ3v) is 6.50. The average Bonchev–Trinajstić information content (AvgIpc) is 2.49. The van der Waals surface area contributed by atoms with Crippen LogP contribution >= 0.6 is 0 Å². The molecular formula is C21H32. The first kappa shape index (κ1) is 15.1. The molecule has 116 valence electrons. The summed E-state index contributed by atoms with van der Waals surface area (Å²) in [5, 5.41) is 0. The van der Waals surface area contributed by atoms with Crippen LogP contribution in [0.5, 0.6) is 0 Å². The number of benzene rings is 1. The van der Waals surface area contributed by atoms with Gasteiger partial charge in [-0.05, 0) is 60.1 Å². The van der Waals surface area contributed by atoms with Gasteiger partial charge in [-0.15, -0.1) is 0 Å². The van der Waals surface area contributed by atoms with Gasteiger partial charge < -0.3 is 0 Å². The Morgan fingerprint density at radius 3 is 1.81 bits per heavy atom. The minimum atomic E-state index is 0.434. The fourth-order valence-electron chi connectivity index (χ4n) is 4.87. The van der Waals surface area contributed by atoms with Crippen molar-refractivity contribution in [2.45, 2.75) is 95.8 Å². The Morgan fingerprint density at radius 1 is 0.714 bits per heavy atom. The van der Waals surface area contributed by atoms with Crippen molar-refractivity contribution in [3.63, 3.8) is 0 Å². The van der Waals surface area contributed by atoms with Crippen LogP contribution in [0.2, 0.25) is 0 Å². The normalized spacial score (nSPS) is 24.7. The summed E-state index contributed by atoms with van der Waals surface area (Å²) in [6, 6.07) is 7.44. The zero-order chi connectivity index (χ0) is 14.9. The lowest BCUT2D eigenvalue weighted by atomic mass is 9.66. The summed E-state index contributed by atoms with van der Waals surface area (Å²) in [6.45, 7) is 7.34. The number of aryl methyl sites for hydroxylation is 1. The van der Waals surface area contributed by atoms with Gasteiger partial charge >= 0.3 is 0 Å². The van der Waals surface area contributed by atoms with E-state index in [2.05, 4.69) is 39.0 Å². The van der Waals surface area contributed by atoms with Gasteiger partial charge in [0.05, 0.1) is 0 Å². The zero-order valence-electron chi connectivity index (χ0n) is 14.3. The highest BCUT2D eigenvalue weighted by atomic mass is 14.4. The van der Waals surface area contributed by atoms with Crippen molar-refractivity contribution in [1.29, 1.82) is 0 Å². The highest BCUT2D eigenvalue weighted by Gasteiger charge is 2.33. The van der Waals surface area contributed by atoms with Crippen molar-refractivity contribution in [2.24, 2.45) is 0 Å². The van der Waals surface area contributed by atoms with Crippen molar-refractivity contribution in [2.75, 3.05) is 0 Å². The van der Waals surface area contributed by atoms with Crippen LogP contribution < -0.4 is 0 Å². The van der Waals surface area contributed by atoms with E-state index in [-0.39, 0.29) is 0 Å². The van der Waals surface area contributed by atoms with Gasteiger partial charge in [-0.25, -0.2) is 0 Å². The van der Waals surface area contributed by atoms with Gasteiger partial charge in [-0.1, -0.05) is 70.6 Å². The van der Waals surface area contributed by atoms with E-state index in [4.69, 9.17) is 0 Å². The third-order valence-electron chi connectivity index (χ3n) is 6.50. The molecule has 0 radical (unpaired) electrons. The molecule has 0 spiro atoms. The second kappa shape index (κ2) is 5.78.